The SMILES string of the molecule is CCNCc1cn(CCN2CCN(S(C)(=O)=O)CC2)nn1. The van der Waals surface area contributed by atoms with Crippen LogP contribution in [0.25, 0.3) is 0 Å². The summed E-state index contributed by atoms with van der Waals surface area (Å²) in [7, 11) is -3.05. The van der Waals surface area contributed by atoms with Crippen LogP contribution in [0, 0.1) is 0 Å². The third-order valence-electron chi connectivity index (χ3n) is 3.59. The third-order valence-corrected chi connectivity index (χ3v) is 4.89. The highest BCUT2D eigenvalue weighted by atomic mass is 32.2. The predicted molar refractivity (Wildman–Crippen MR) is 80.3 cm³/mol. The molecule has 1 saturated heterocycles. The lowest BCUT2D eigenvalue weighted by atomic mass is 10.3. The molecule has 2 rings (SSSR count). The maximum absolute atomic E-state index is 11.4. The summed E-state index contributed by atoms with van der Waals surface area (Å²) in [4.78, 5) is 2.26. The molecule has 9 heteroatoms. The molecule has 0 aliphatic carbocycles. The Morgan fingerprint density at radius 1 is 1.24 bits per heavy atom. The highest BCUT2D eigenvalue weighted by molar-refractivity contribution is 7.88. The van der Waals surface area contributed by atoms with Crippen molar-refractivity contribution in [1.82, 2.24) is 29.5 Å². The molecule has 0 unspecified atom stereocenters. The topological polar surface area (TPSA) is 83.4 Å². The normalized spacial score (nSPS) is 18.2. The summed E-state index contributed by atoms with van der Waals surface area (Å²) in [5.74, 6) is 0. The van der Waals surface area contributed by atoms with E-state index in [1.165, 1.54) is 10.6 Å². The highest BCUT2D eigenvalue weighted by Crippen LogP contribution is 2.06. The minimum Gasteiger partial charge on any atom is -0.311 e. The first kappa shape index (κ1) is 16.3. The second kappa shape index (κ2) is 7.30. The van der Waals surface area contributed by atoms with Crippen molar-refractivity contribution in [2.45, 2.75) is 20.0 Å². The van der Waals surface area contributed by atoms with Gasteiger partial charge in [-0.05, 0) is 6.54 Å². The number of hydrogen-bond acceptors (Lipinski definition) is 6. The Kier molecular flexibility index (Phi) is 5.68. The van der Waals surface area contributed by atoms with Crippen molar-refractivity contribution < 1.29 is 8.42 Å². The minimum absolute atomic E-state index is 0.571. The van der Waals surface area contributed by atoms with E-state index >= 15 is 0 Å². The van der Waals surface area contributed by atoms with Gasteiger partial charge in [0.25, 0.3) is 0 Å². The van der Waals surface area contributed by atoms with Gasteiger partial charge in [-0.25, -0.2) is 8.42 Å². The molecule has 8 nitrogen and oxygen atoms in total. The maximum atomic E-state index is 11.4. The molecule has 1 fully saturated rings. The van der Waals surface area contributed by atoms with E-state index in [4.69, 9.17) is 0 Å². The second-order valence-corrected chi connectivity index (χ2v) is 7.24. The number of rotatable bonds is 7. The van der Waals surface area contributed by atoms with E-state index in [-0.39, 0.29) is 0 Å². The number of nitrogens with one attached hydrogen (secondary N) is 1. The quantitative estimate of drug-likeness (QED) is 0.692. The summed E-state index contributed by atoms with van der Waals surface area (Å²) in [5, 5.41) is 11.4. The van der Waals surface area contributed by atoms with Crippen LogP contribution in [0.5, 0.6) is 0 Å². The Balaban J connectivity index is 1.73. The molecule has 0 atom stereocenters. The average molecular weight is 316 g/mol. The van der Waals surface area contributed by atoms with E-state index in [2.05, 4.69) is 27.5 Å². The van der Waals surface area contributed by atoms with Gasteiger partial charge < -0.3 is 5.32 Å². The van der Waals surface area contributed by atoms with Crippen molar-refractivity contribution in [3.63, 3.8) is 0 Å². The van der Waals surface area contributed by atoms with E-state index in [0.717, 1.165) is 45.0 Å². The van der Waals surface area contributed by atoms with Gasteiger partial charge in [-0.2, -0.15) is 4.31 Å². The molecule has 0 spiro atoms. The van der Waals surface area contributed by atoms with Gasteiger partial charge in [0, 0.05) is 45.5 Å². The van der Waals surface area contributed by atoms with Gasteiger partial charge >= 0.3 is 0 Å². The summed E-state index contributed by atoms with van der Waals surface area (Å²) in [6.07, 6.45) is 3.22. The lowest BCUT2D eigenvalue weighted by molar-refractivity contribution is 0.181. The molecular formula is C12H24N6O2S. The zero-order chi connectivity index (χ0) is 15.3. The molecule has 0 amide bonds. The molecule has 0 bridgehead atoms. The number of aromatic nitrogens is 3. The molecule has 0 radical (unpaired) electrons. The lowest BCUT2D eigenvalue weighted by Crippen LogP contribution is -2.48. The van der Waals surface area contributed by atoms with Crippen molar-refractivity contribution in [2.75, 3.05) is 45.5 Å². The number of piperazine rings is 1. The summed E-state index contributed by atoms with van der Waals surface area (Å²) in [6.45, 7) is 8.03. The van der Waals surface area contributed by atoms with Crippen LogP contribution < -0.4 is 5.32 Å². The molecule has 0 aromatic carbocycles. The molecule has 21 heavy (non-hydrogen) atoms. The first-order valence-electron chi connectivity index (χ1n) is 7.26. The van der Waals surface area contributed by atoms with Gasteiger partial charge in [0.2, 0.25) is 10.0 Å². The van der Waals surface area contributed by atoms with Crippen LogP contribution in [0.15, 0.2) is 6.20 Å². The monoisotopic (exact) mass is 316 g/mol. The summed E-state index contributed by atoms with van der Waals surface area (Å²) in [6, 6.07) is 0. The summed E-state index contributed by atoms with van der Waals surface area (Å²) >= 11 is 0. The molecule has 1 N–H and O–H groups in total. The Morgan fingerprint density at radius 3 is 2.57 bits per heavy atom. The van der Waals surface area contributed by atoms with Crippen LogP contribution in [0.1, 0.15) is 12.6 Å². The van der Waals surface area contributed by atoms with E-state index in [1.54, 1.807) is 0 Å². The molecule has 0 saturated carbocycles. The fourth-order valence-electron chi connectivity index (χ4n) is 2.31. The van der Waals surface area contributed by atoms with Gasteiger partial charge in [0.15, 0.2) is 0 Å². The van der Waals surface area contributed by atoms with Crippen LogP contribution in [0.3, 0.4) is 0 Å². The van der Waals surface area contributed by atoms with Crippen molar-refractivity contribution in [2.24, 2.45) is 0 Å². The fourth-order valence-corrected chi connectivity index (χ4v) is 3.14. The molecule has 2 heterocycles. The molecule has 1 aliphatic rings. The zero-order valence-corrected chi connectivity index (χ0v) is 13.5. The van der Waals surface area contributed by atoms with Crippen molar-refractivity contribution in [3.05, 3.63) is 11.9 Å². The Labute approximate surface area is 126 Å². The van der Waals surface area contributed by atoms with Crippen molar-refractivity contribution in [3.8, 4) is 0 Å². The fraction of sp³-hybridized carbons (Fsp3) is 0.833. The van der Waals surface area contributed by atoms with Crippen molar-refractivity contribution in [1.29, 1.82) is 0 Å². The van der Waals surface area contributed by atoms with E-state index in [1.807, 2.05) is 10.9 Å². The standard InChI is InChI=1S/C12H24N6O2S/c1-3-13-10-12-11-17(15-14-12)7-4-16-5-8-18(9-6-16)21(2,19)20/h11,13H,3-10H2,1-2H3. The number of hydrogen-bond donors (Lipinski definition) is 1. The smallest absolute Gasteiger partial charge is 0.211 e. The maximum Gasteiger partial charge on any atom is 0.211 e. The van der Waals surface area contributed by atoms with E-state index < -0.39 is 10.0 Å². The third kappa shape index (κ3) is 5.03. The number of sulfonamides is 1. The molecule has 1 aromatic heterocycles. The Bertz CT molecular complexity index is 536. The number of nitrogens with zero attached hydrogens (tertiary/aromatic N) is 5. The first-order chi connectivity index (χ1) is 9.99. The lowest BCUT2D eigenvalue weighted by Gasteiger charge is -2.33. The minimum atomic E-state index is -3.05. The summed E-state index contributed by atoms with van der Waals surface area (Å²) < 4.78 is 26.3. The molecule has 1 aliphatic heterocycles. The van der Waals surface area contributed by atoms with Gasteiger partial charge in [-0.15, -0.1) is 5.10 Å². The predicted octanol–water partition coefficient (Wildman–Crippen LogP) is -1.04. The molecule has 1 aromatic rings. The van der Waals surface area contributed by atoms with Gasteiger partial charge in [-0.3, -0.25) is 9.58 Å². The van der Waals surface area contributed by atoms with Crippen molar-refractivity contribution >= 4 is 10.0 Å². The molecule has 120 valence electrons. The largest absolute Gasteiger partial charge is 0.311 e. The summed E-state index contributed by atoms with van der Waals surface area (Å²) in [5.41, 5.74) is 0.943. The van der Waals surface area contributed by atoms with Crippen LogP contribution >= 0.6 is 0 Å². The van der Waals surface area contributed by atoms with Gasteiger partial charge in [0.05, 0.1) is 18.5 Å². The second-order valence-electron chi connectivity index (χ2n) is 5.26. The van der Waals surface area contributed by atoms with E-state index in [9.17, 15) is 8.42 Å². The van der Waals surface area contributed by atoms with Gasteiger partial charge in [0.1, 0.15) is 0 Å². The van der Waals surface area contributed by atoms with Crippen LogP contribution in [-0.4, -0.2) is 78.1 Å². The first-order valence-corrected chi connectivity index (χ1v) is 9.11. The van der Waals surface area contributed by atoms with Crippen LogP contribution in [-0.2, 0) is 23.1 Å². The zero-order valence-electron chi connectivity index (χ0n) is 12.7. The average Bonchev–Trinajstić information content (AvgIpc) is 2.90. The Morgan fingerprint density at radius 2 is 1.95 bits per heavy atom. The van der Waals surface area contributed by atoms with E-state index in [0.29, 0.717) is 13.1 Å². The van der Waals surface area contributed by atoms with Gasteiger partial charge in [-0.1, -0.05) is 12.1 Å². The Hall–Kier alpha value is -1.03. The highest BCUT2D eigenvalue weighted by Gasteiger charge is 2.22. The van der Waals surface area contributed by atoms with Crippen LogP contribution in [0.4, 0.5) is 0 Å². The van der Waals surface area contributed by atoms with Crippen LogP contribution in [0.2, 0.25) is 0 Å². The molecular weight excluding hydrogens is 292 g/mol.